The normalized spacial score (nSPS) is 35.8. The molecule has 0 amide bonds. The van der Waals surface area contributed by atoms with E-state index in [0.29, 0.717) is 12.1 Å². The van der Waals surface area contributed by atoms with E-state index in [0.717, 1.165) is 38.9 Å². The van der Waals surface area contributed by atoms with E-state index >= 15 is 0 Å². The summed E-state index contributed by atoms with van der Waals surface area (Å²) in [5, 5.41) is 13.4. The predicted molar refractivity (Wildman–Crippen MR) is 55.2 cm³/mol. The van der Waals surface area contributed by atoms with Gasteiger partial charge in [-0.1, -0.05) is 12.8 Å². The fourth-order valence-corrected chi connectivity index (χ4v) is 2.47. The first kappa shape index (κ1) is 10.4. The van der Waals surface area contributed by atoms with Crippen LogP contribution < -0.4 is 5.32 Å². The number of nitrogens with one attached hydrogen (secondary N) is 1. The summed E-state index contributed by atoms with van der Waals surface area (Å²) in [5.41, 5.74) is 0. The molecule has 0 spiro atoms. The summed E-state index contributed by atoms with van der Waals surface area (Å²) in [6.07, 6.45) is 6.64. The highest BCUT2D eigenvalue weighted by Gasteiger charge is 2.25. The Hall–Kier alpha value is -0.120. The lowest BCUT2D eigenvalue weighted by Crippen LogP contribution is -2.48. The van der Waals surface area contributed by atoms with E-state index in [1.54, 1.807) is 0 Å². The molecular weight excluding hydrogens is 178 g/mol. The standard InChI is InChI=1S/C11H21NO2/c13-11-4-2-1-3-10(11)12-9-5-7-14-8-6-9/h9-13H,1-8H2/t10-,11+/m1/s1. The summed E-state index contributed by atoms with van der Waals surface area (Å²) in [6, 6.07) is 0.911. The minimum atomic E-state index is -0.119. The van der Waals surface area contributed by atoms with Crippen LogP contribution >= 0.6 is 0 Å². The molecule has 3 nitrogen and oxygen atoms in total. The molecule has 0 bridgehead atoms. The number of rotatable bonds is 2. The molecule has 0 radical (unpaired) electrons. The van der Waals surface area contributed by atoms with Crippen LogP contribution in [0.1, 0.15) is 38.5 Å². The van der Waals surface area contributed by atoms with Crippen molar-refractivity contribution in [2.24, 2.45) is 0 Å². The Morgan fingerprint density at radius 1 is 1.00 bits per heavy atom. The van der Waals surface area contributed by atoms with E-state index < -0.39 is 0 Å². The summed E-state index contributed by atoms with van der Waals surface area (Å²) < 4.78 is 5.31. The quantitative estimate of drug-likeness (QED) is 0.698. The molecule has 2 fully saturated rings. The van der Waals surface area contributed by atoms with Crippen molar-refractivity contribution in [1.29, 1.82) is 0 Å². The smallest absolute Gasteiger partial charge is 0.0693 e. The van der Waals surface area contributed by atoms with Crippen molar-refractivity contribution < 1.29 is 9.84 Å². The van der Waals surface area contributed by atoms with E-state index in [1.165, 1.54) is 12.8 Å². The Morgan fingerprint density at radius 3 is 2.43 bits per heavy atom. The van der Waals surface area contributed by atoms with Gasteiger partial charge in [-0.2, -0.15) is 0 Å². The van der Waals surface area contributed by atoms with Crippen LogP contribution in [0.5, 0.6) is 0 Å². The fourth-order valence-electron chi connectivity index (χ4n) is 2.47. The summed E-state index contributed by atoms with van der Waals surface area (Å²) >= 11 is 0. The van der Waals surface area contributed by atoms with Crippen LogP contribution in [-0.4, -0.2) is 36.5 Å². The first-order chi connectivity index (χ1) is 6.86. The second kappa shape index (κ2) is 5.10. The Kier molecular flexibility index (Phi) is 3.79. The number of hydrogen-bond donors (Lipinski definition) is 2. The zero-order valence-corrected chi connectivity index (χ0v) is 8.74. The Morgan fingerprint density at radius 2 is 1.71 bits per heavy atom. The second-order valence-electron chi connectivity index (χ2n) is 4.51. The molecule has 0 aromatic rings. The first-order valence-electron chi connectivity index (χ1n) is 5.88. The highest BCUT2D eigenvalue weighted by Crippen LogP contribution is 2.20. The van der Waals surface area contributed by atoms with Crippen LogP contribution in [0, 0.1) is 0 Å². The minimum Gasteiger partial charge on any atom is -0.392 e. The monoisotopic (exact) mass is 199 g/mol. The molecule has 82 valence electrons. The van der Waals surface area contributed by atoms with Gasteiger partial charge in [-0.05, 0) is 25.7 Å². The molecule has 3 heteroatoms. The summed E-state index contributed by atoms with van der Waals surface area (Å²) in [6.45, 7) is 1.75. The van der Waals surface area contributed by atoms with Gasteiger partial charge in [-0.15, -0.1) is 0 Å². The lowest BCUT2D eigenvalue weighted by Gasteiger charge is -2.33. The molecule has 0 aromatic heterocycles. The maximum absolute atomic E-state index is 9.81. The van der Waals surface area contributed by atoms with Gasteiger partial charge in [0.25, 0.3) is 0 Å². The number of ether oxygens (including phenoxy) is 1. The highest BCUT2D eigenvalue weighted by molar-refractivity contribution is 4.84. The average molecular weight is 199 g/mol. The van der Waals surface area contributed by atoms with E-state index in [-0.39, 0.29) is 6.10 Å². The topological polar surface area (TPSA) is 41.5 Å². The Labute approximate surface area is 85.8 Å². The van der Waals surface area contributed by atoms with Gasteiger partial charge in [0, 0.05) is 25.3 Å². The molecular formula is C11H21NO2. The van der Waals surface area contributed by atoms with Gasteiger partial charge in [-0.25, -0.2) is 0 Å². The summed E-state index contributed by atoms with van der Waals surface area (Å²) in [4.78, 5) is 0. The largest absolute Gasteiger partial charge is 0.392 e. The lowest BCUT2D eigenvalue weighted by atomic mass is 9.91. The zero-order chi connectivity index (χ0) is 9.80. The molecule has 2 rings (SSSR count). The number of aliphatic hydroxyl groups is 1. The van der Waals surface area contributed by atoms with Crippen molar-refractivity contribution in [2.75, 3.05) is 13.2 Å². The molecule has 2 atom stereocenters. The SMILES string of the molecule is O[C@H]1CCCC[C@H]1NC1CCOCC1. The maximum Gasteiger partial charge on any atom is 0.0693 e. The van der Waals surface area contributed by atoms with E-state index in [1.807, 2.05) is 0 Å². The number of aliphatic hydroxyl groups excluding tert-OH is 1. The van der Waals surface area contributed by atoms with Gasteiger partial charge >= 0.3 is 0 Å². The molecule has 1 heterocycles. The third kappa shape index (κ3) is 2.69. The van der Waals surface area contributed by atoms with Crippen molar-refractivity contribution in [3.8, 4) is 0 Å². The van der Waals surface area contributed by atoms with Crippen LogP contribution in [0.25, 0.3) is 0 Å². The summed E-state index contributed by atoms with van der Waals surface area (Å²) in [7, 11) is 0. The first-order valence-corrected chi connectivity index (χ1v) is 5.88. The van der Waals surface area contributed by atoms with Crippen LogP contribution in [-0.2, 0) is 4.74 Å². The molecule has 14 heavy (non-hydrogen) atoms. The van der Waals surface area contributed by atoms with Crippen LogP contribution in [0.2, 0.25) is 0 Å². The molecule has 0 aromatic carbocycles. The van der Waals surface area contributed by atoms with E-state index in [9.17, 15) is 5.11 Å². The third-order valence-electron chi connectivity index (χ3n) is 3.40. The van der Waals surface area contributed by atoms with Crippen LogP contribution in [0.15, 0.2) is 0 Å². The fraction of sp³-hybridized carbons (Fsp3) is 1.00. The molecule has 0 unspecified atom stereocenters. The van der Waals surface area contributed by atoms with Gasteiger partial charge in [0.2, 0.25) is 0 Å². The van der Waals surface area contributed by atoms with E-state index in [2.05, 4.69) is 5.32 Å². The van der Waals surface area contributed by atoms with Gasteiger partial charge in [-0.3, -0.25) is 0 Å². The Balaban J connectivity index is 1.76. The van der Waals surface area contributed by atoms with E-state index in [4.69, 9.17) is 4.74 Å². The van der Waals surface area contributed by atoms with Crippen molar-refractivity contribution in [2.45, 2.75) is 56.7 Å². The lowest BCUT2D eigenvalue weighted by molar-refractivity contribution is 0.0487. The van der Waals surface area contributed by atoms with Gasteiger partial charge in [0.05, 0.1) is 6.10 Å². The number of hydrogen-bond acceptors (Lipinski definition) is 3. The molecule has 2 aliphatic rings. The summed E-state index contributed by atoms with van der Waals surface area (Å²) in [5.74, 6) is 0. The molecule has 2 N–H and O–H groups in total. The van der Waals surface area contributed by atoms with Crippen LogP contribution in [0.3, 0.4) is 0 Å². The van der Waals surface area contributed by atoms with Crippen molar-refractivity contribution >= 4 is 0 Å². The second-order valence-corrected chi connectivity index (χ2v) is 4.51. The molecule has 1 saturated carbocycles. The molecule has 1 aliphatic carbocycles. The molecule has 1 aliphatic heterocycles. The van der Waals surface area contributed by atoms with Gasteiger partial charge < -0.3 is 15.2 Å². The van der Waals surface area contributed by atoms with Crippen molar-refractivity contribution in [1.82, 2.24) is 5.32 Å². The molecule has 1 saturated heterocycles. The minimum absolute atomic E-state index is 0.119. The third-order valence-corrected chi connectivity index (χ3v) is 3.40. The van der Waals surface area contributed by atoms with Crippen molar-refractivity contribution in [3.63, 3.8) is 0 Å². The van der Waals surface area contributed by atoms with Gasteiger partial charge in [0.1, 0.15) is 0 Å². The predicted octanol–water partition coefficient (Wildman–Crippen LogP) is 1.06. The van der Waals surface area contributed by atoms with Crippen LogP contribution in [0.4, 0.5) is 0 Å². The zero-order valence-electron chi connectivity index (χ0n) is 8.74. The Bertz CT molecular complexity index is 169. The highest BCUT2D eigenvalue weighted by atomic mass is 16.5. The average Bonchev–Trinajstić information content (AvgIpc) is 2.23. The van der Waals surface area contributed by atoms with Crippen molar-refractivity contribution in [3.05, 3.63) is 0 Å². The maximum atomic E-state index is 9.81. The van der Waals surface area contributed by atoms with Gasteiger partial charge in [0.15, 0.2) is 0 Å².